The number of aliphatic hydroxyl groups is 2. The Hall–Kier alpha value is -0.200. The second kappa shape index (κ2) is 5.04. The maximum Gasteiger partial charge on any atom is 0.163 e. The standard InChI is InChI=1S/C9H19NO4/c1-5-7(11)8(12)6(2)14-9(5)13-4-3-10/h5-9,11-12H,3-4,10H2,1-2H3/t5-,6-,7-,8+,9?/m0/s1. The predicted octanol–water partition coefficient (Wildman–Crippen LogP) is -0.936. The van der Waals surface area contributed by atoms with Crippen molar-refractivity contribution in [3.63, 3.8) is 0 Å². The van der Waals surface area contributed by atoms with Gasteiger partial charge in [-0.2, -0.15) is 0 Å². The summed E-state index contributed by atoms with van der Waals surface area (Å²) in [7, 11) is 0. The van der Waals surface area contributed by atoms with Crippen LogP contribution >= 0.6 is 0 Å². The lowest BCUT2D eigenvalue weighted by Gasteiger charge is -2.39. The zero-order valence-corrected chi connectivity index (χ0v) is 8.59. The molecule has 0 spiro atoms. The van der Waals surface area contributed by atoms with Gasteiger partial charge in [0.15, 0.2) is 6.29 Å². The largest absolute Gasteiger partial charge is 0.390 e. The first kappa shape index (κ1) is 11.9. The van der Waals surface area contributed by atoms with E-state index >= 15 is 0 Å². The molecular weight excluding hydrogens is 186 g/mol. The monoisotopic (exact) mass is 205 g/mol. The first-order valence-electron chi connectivity index (χ1n) is 4.91. The van der Waals surface area contributed by atoms with Crippen LogP contribution in [0.5, 0.6) is 0 Å². The predicted molar refractivity (Wildman–Crippen MR) is 50.5 cm³/mol. The van der Waals surface area contributed by atoms with Crippen LogP contribution in [0.25, 0.3) is 0 Å². The van der Waals surface area contributed by atoms with Gasteiger partial charge in [0.05, 0.1) is 18.8 Å². The van der Waals surface area contributed by atoms with Gasteiger partial charge in [-0.25, -0.2) is 0 Å². The molecule has 84 valence electrons. The minimum absolute atomic E-state index is 0.243. The quantitative estimate of drug-likeness (QED) is 0.554. The summed E-state index contributed by atoms with van der Waals surface area (Å²) in [6.45, 7) is 4.30. The van der Waals surface area contributed by atoms with Crippen LogP contribution in [0.3, 0.4) is 0 Å². The molecule has 1 unspecified atom stereocenters. The van der Waals surface area contributed by atoms with Gasteiger partial charge in [0.1, 0.15) is 6.10 Å². The first-order valence-corrected chi connectivity index (χ1v) is 4.91. The topological polar surface area (TPSA) is 84.9 Å². The Morgan fingerprint density at radius 1 is 1.29 bits per heavy atom. The van der Waals surface area contributed by atoms with E-state index in [9.17, 15) is 10.2 Å². The molecule has 0 radical (unpaired) electrons. The molecule has 5 nitrogen and oxygen atoms in total. The Kier molecular flexibility index (Phi) is 4.28. The van der Waals surface area contributed by atoms with Crippen molar-refractivity contribution in [2.24, 2.45) is 11.7 Å². The van der Waals surface area contributed by atoms with Gasteiger partial charge in [0, 0.05) is 12.5 Å². The average Bonchev–Trinajstić information content (AvgIpc) is 2.18. The fourth-order valence-electron chi connectivity index (χ4n) is 1.54. The summed E-state index contributed by atoms with van der Waals surface area (Å²) in [4.78, 5) is 0. The second-order valence-electron chi connectivity index (χ2n) is 3.71. The molecule has 0 aliphatic carbocycles. The van der Waals surface area contributed by atoms with Crippen molar-refractivity contribution in [2.75, 3.05) is 13.2 Å². The molecule has 1 heterocycles. The summed E-state index contributed by atoms with van der Waals surface area (Å²) in [6, 6.07) is 0. The highest BCUT2D eigenvalue weighted by Gasteiger charge is 2.40. The molecule has 0 saturated carbocycles. The molecule has 4 N–H and O–H groups in total. The van der Waals surface area contributed by atoms with E-state index in [1.54, 1.807) is 13.8 Å². The van der Waals surface area contributed by atoms with Gasteiger partial charge in [0.2, 0.25) is 0 Å². The third-order valence-corrected chi connectivity index (χ3v) is 2.55. The molecule has 0 amide bonds. The molecule has 14 heavy (non-hydrogen) atoms. The summed E-state index contributed by atoms with van der Waals surface area (Å²) < 4.78 is 10.7. The summed E-state index contributed by atoms with van der Waals surface area (Å²) in [6.07, 6.45) is -2.54. The third-order valence-electron chi connectivity index (χ3n) is 2.55. The molecule has 0 bridgehead atoms. The molecule has 0 aromatic carbocycles. The Bertz CT molecular complexity index is 178. The van der Waals surface area contributed by atoms with E-state index in [0.29, 0.717) is 13.2 Å². The van der Waals surface area contributed by atoms with Gasteiger partial charge in [-0.1, -0.05) is 6.92 Å². The molecular formula is C9H19NO4. The lowest BCUT2D eigenvalue weighted by Crippen LogP contribution is -2.53. The van der Waals surface area contributed by atoms with Gasteiger partial charge >= 0.3 is 0 Å². The first-order chi connectivity index (χ1) is 6.57. The van der Waals surface area contributed by atoms with E-state index in [0.717, 1.165) is 0 Å². The van der Waals surface area contributed by atoms with Crippen LogP contribution in [-0.2, 0) is 9.47 Å². The van der Waals surface area contributed by atoms with Crippen molar-refractivity contribution >= 4 is 0 Å². The van der Waals surface area contributed by atoms with Gasteiger partial charge in [-0.15, -0.1) is 0 Å². The Balaban J connectivity index is 2.52. The van der Waals surface area contributed by atoms with Crippen LogP contribution in [0.4, 0.5) is 0 Å². The number of hydrogen-bond donors (Lipinski definition) is 3. The van der Waals surface area contributed by atoms with Gasteiger partial charge in [-0.3, -0.25) is 0 Å². The van der Waals surface area contributed by atoms with Crippen LogP contribution in [0.1, 0.15) is 13.8 Å². The molecule has 5 heteroatoms. The van der Waals surface area contributed by atoms with Gasteiger partial charge in [0.25, 0.3) is 0 Å². The summed E-state index contributed by atoms with van der Waals surface area (Å²) in [5.41, 5.74) is 5.30. The zero-order valence-electron chi connectivity index (χ0n) is 8.59. The van der Waals surface area contributed by atoms with Gasteiger partial charge in [-0.05, 0) is 6.92 Å². The van der Waals surface area contributed by atoms with E-state index in [4.69, 9.17) is 15.2 Å². The van der Waals surface area contributed by atoms with E-state index < -0.39 is 24.6 Å². The average molecular weight is 205 g/mol. The Morgan fingerprint density at radius 3 is 2.50 bits per heavy atom. The molecule has 0 aromatic rings. The summed E-state index contributed by atoms with van der Waals surface area (Å²) in [5.74, 6) is -0.243. The summed E-state index contributed by atoms with van der Waals surface area (Å²) >= 11 is 0. The van der Waals surface area contributed by atoms with Crippen LogP contribution < -0.4 is 5.73 Å². The van der Waals surface area contributed by atoms with Crippen molar-refractivity contribution in [1.82, 2.24) is 0 Å². The van der Waals surface area contributed by atoms with E-state index in [2.05, 4.69) is 0 Å². The van der Waals surface area contributed by atoms with Crippen molar-refractivity contribution in [2.45, 2.75) is 38.4 Å². The number of ether oxygens (including phenoxy) is 2. The molecule has 1 fully saturated rings. The van der Waals surface area contributed by atoms with Crippen LogP contribution in [0.15, 0.2) is 0 Å². The van der Waals surface area contributed by atoms with Crippen molar-refractivity contribution in [3.8, 4) is 0 Å². The minimum atomic E-state index is -0.845. The maximum atomic E-state index is 9.65. The number of hydrogen-bond acceptors (Lipinski definition) is 5. The second-order valence-corrected chi connectivity index (χ2v) is 3.71. The SMILES string of the molecule is C[C@@H]1OC(OCCN)[C@@H](C)[C@H](O)[C@@H]1O. The van der Waals surface area contributed by atoms with Crippen molar-refractivity contribution in [3.05, 3.63) is 0 Å². The van der Waals surface area contributed by atoms with Crippen LogP contribution in [0, 0.1) is 5.92 Å². The smallest absolute Gasteiger partial charge is 0.163 e. The van der Waals surface area contributed by atoms with Crippen LogP contribution in [0.2, 0.25) is 0 Å². The number of rotatable bonds is 3. The zero-order chi connectivity index (χ0) is 10.7. The molecule has 5 atom stereocenters. The minimum Gasteiger partial charge on any atom is -0.390 e. The molecule has 1 saturated heterocycles. The normalized spacial score (nSPS) is 43.9. The highest BCUT2D eigenvalue weighted by Crippen LogP contribution is 2.26. The fourth-order valence-corrected chi connectivity index (χ4v) is 1.54. The molecule has 0 aromatic heterocycles. The molecule has 1 rings (SSSR count). The molecule has 1 aliphatic heterocycles. The van der Waals surface area contributed by atoms with Crippen molar-refractivity contribution in [1.29, 1.82) is 0 Å². The maximum absolute atomic E-state index is 9.65. The Morgan fingerprint density at radius 2 is 1.93 bits per heavy atom. The highest BCUT2D eigenvalue weighted by molar-refractivity contribution is 4.84. The molecule has 1 aliphatic rings. The van der Waals surface area contributed by atoms with Crippen LogP contribution in [-0.4, -0.2) is 48.0 Å². The van der Waals surface area contributed by atoms with E-state index in [1.165, 1.54) is 0 Å². The van der Waals surface area contributed by atoms with E-state index in [1.807, 2.05) is 0 Å². The van der Waals surface area contributed by atoms with Crippen molar-refractivity contribution < 1.29 is 19.7 Å². The van der Waals surface area contributed by atoms with E-state index in [-0.39, 0.29) is 5.92 Å². The highest BCUT2D eigenvalue weighted by atomic mass is 16.7. The number of aliphatic hydroxyl groups excluding tert-OH is 2. The summed E-state index contributed by atoms with van der Waals surface area (Å²) in [5, 5.41) is 19.1. The van der Waals surface area contributed by atoms with Gasteiger partial charge < -0.3 is 25.4 Å². The Labute approximate surface area is 83.8 Å². The third kappa shape index (κ3) is 2.43. The number of nitrogens with two attached hydrogens (primary N) is 1. The lowest BCUT2D eigenvalue weighted by atomic mass is 9.93. The fraction of sp³-hybridized carbons (Fsp3) is 1.00. The lowest BCUT2D eigenvalue weighted by molar-refractivity contribution is -0.271.